The van der Waals surface area contributed by atoms with Crippen LogP contribution in [0.15, 0.2) is 35.1 Å². The number of hydrogen-bond donors (Lipinski definition) is 1. The van der Waals surface area contributed by atoms with Gasteiger partial charge < -0.3 is 19.9 Å². The molecule has 1 aromatic heterocycles. The Morgan fingerprint density at radius 3 is 2.57 bits per heavy atom. The number of nitrogens with one attached hydrogen (secondary N) is 1. The predicted octanol–water partition coefficient (Wildman–Crippen LogP) is 1.05. The maximum atomic E-state index is 12.9. The van der Waals surface area contributed by atoms with E-state index in [2.05, 4.69) is 10.3 Å². The second-order valence-corrected chi connectivity index (χ2v) is 9.39. The van der Waals surface area contributed by atoms with Crippen molar-refractivity contribution in [3.05, 3.63) is 30.2 Å². The number of sulfonamides is 1. The zero-order valence-electron chi connectivity index (χ0n) is 17.3. The summed E-state index contributed by atoms with van der Waals surface area (Å²) >= 11 is 0. The minimum absolute atomic E-state index is 0.0107. The van der Waals surface area contributed by atoms with Gasteiger partial charge in [0.05, 0.1) is 12.5 Å². The summed E-state index contributed by atoms with van der Waals surface area (Å²) in [5.74, 6) is 0.222. The normalized spacial score (nSPS) is 19.6. The number of pyridine rings is 1. The van der Waals surface area contributed by atoms with Crippen LogP contribution in [0.3, 0.4) is 0 Å². The first-order valence-corrected chi connectivity index (χ1v) is 11.3. The zero-order valence-corrected chi connectivity index (χ0v) is 18.1. The van der Waals surface area contributed by atoms with Crippen LogP contribution >= 0.6 is 0 Å². The topological polar surface area (TPSA) is 95.1 Å². The highest BCUT2D eigenvalue weighted by Gasteiger charge is 2.36. The van der Waals surface area contributed by atoms with Gasteiger partial charge in [0.2, 0.25) is 15.9 Å². The van der Waals surface area contributed by atoms with E-state index in [1.54, 1.807) is 19.0 Å². The number of amides is 2. The van der Waals surface area contributed by atoms with Gasteiger partial charge in [-0.25, -0.2) is 22.6 Å². The molecular formula is C19H28FN5O4S. The molecule has 0 radical (unpaired) electrons. The molecule has 1 aromatic rings. The smallest absolute Gasteiger partial charge is 0.320 e. The van der Waals surface area contributed by atoms with Crippen LogP contribution in [0.5, 0.6) is 5.88 Å². The molecule has 2 amide bonds. The van der Waals surface area contributed by atoms with Gasteiger partial charge in [0.25, 0.3) is 0 Å². The number of hydrogen-bond acceptors (Lipinski definition) is 6. The lowest BCUT2D eigenvalue weighted by atomic mass is 10.1. The second-order valence-electron chi connectivity index (χ2n) is 7.45. The highest BCUT2D eigenvalue weighted by atomic mass is 32.2. The number of urea groups is 1. The number of rotatable bonds is 8. The predicted molar refractivity (Wildman–Crippen MR) is 109 cm³/mol. The molecule has 0 atom stereocenters. The average molecular weight is 442 g/mol. The molecule has 0 unspecified atom stereocenters. The van der Waals surface area contributed by atoms with Crippen molar-refractivity contribution in [2.24, 2.45) is 0 Å². The molecular weight excluding hydrogens is 413 g/mol. The van der Waals surface area contributed by atoms with Gasteiger partial charge in [0.1, 0.15) is 11.5 Å². The molecule has 11 heteroatoms. The van der Waals surface area contributed by atoms with Crippen molar-refractivity contribution in [3.63, 3.8) is 0 Å². The molecule has 0 bridgehead atoms. The van der Waals surface area contributed by atoms with Crippen LogP contribution in [-0.2, 0) is 10.0 Å². The van der Waals surface area contributed by atoms with Crippen molar-refractivity contribution < 1.29 is 22.3 Å². The fourth-order valence-corrected chi connectivity index (χ4v) is 5.09. The van der Waals surface area contributed by atoms with Gasteiger partial charge in [0.15, 0.2) is 0 Å². The van der Waals surface area contributed by atoms with Gasteiger partial charge in [-0.05, 0) is 26.0 Å². The van der Waals surface area contributed by atoms with E-state index in [9.17, 15) is 17.6 Å². The number of carbonyl (C=O) groups excluding carboxylic acids is 1. The van der Waals surface area contributed by atoms with Crippen molar-refractivity contribution in [2.45, 2.75) is 23.8 Å². The first kappa shape index (κ1) is 22.4. The third kappa shape index (κ3) is 4.90. The highest BCUT2D eigenvalue weighted by Crippen LogP contribution is 2.25. The van der Waals surface area contributed by atoms with E-state index in [-0.39, 0.29) is 29.5 Å². The molecule has 1 N–H and O–H groups in total. The Morgan fingerprint density at radius 2 is 2.03 bits per heavy atom. The molecule has 0 saturated carbocycles. The van der Waals surface area contributed by atoms with Gasteiger partial charge in [-0.15, -0.1) is 0 Å². The Balaban J connectivity index is 1.57. The number of piperidine rings is 1. The third-order valence-corrected chi connectivity index (χ3v) is 7.31. The Bertz CT molecular complexity index is 869. The summed E-state index contributed by atoms with van der Waals surface area (Å²) in [5, 5.41) is 2.83. The van der Waals surface area contributed by atoms with E-state index >= 15 is 0 Å². The molecule has 2 aliphatic rings. The Hall–Kier alpha value is -2.24. The monoisotopic (exact) mass is 441 g/mol. The van der Waals surface area contributed by atoms with Gasteiger partial charge in [-0.2, -0.15) is 4.31 Å². The van der Waals surface area contributed by atoms with E-state index in [0.29, 0.717) is 57.5 Å². The van der Waals surface area contributed by atoms with Crippen LogP contribution in [0.1, 0.15) is 12.8 Å². The number of carbonyl (C=O) groups is 1. The summed E-state index contributed by atoms with van der Waals surface area (Å²) in [6, 6.07) is 2.99. The Kier molecular flexibility index (Phi) is 7.27. The van der Waals surface area contributed by atoms with Crippen molar-refractivity contribution in [2.75, 3.05) is 53.4 Å². The lowest BCUT2D eigenvalue weighted by Crippen LogP contribution is -2.47. The molecule has 2 fully saturated rings. The Labute approximate surface area is 176 Å². The molecule has 0 aliphatic carbocycles. The maximum Gasteiger partial charge on any atom is 0.320 e. The summed E-state index contributed by atoms with van der Waals surface area (Å²) in [6.45, 7) is 2.47. The molecule has 0 aromatic carbocycles. The van der Waals surface area contributed by atoms with Gasteiger partial charge in [-0.3, -0.25) is 0 Å². The summed E-state index contributed by atoms with van der Waals surface area (Å²) < 4.78 is 45.4. The van der Waals surface area contributed by atoms with Crippen LogP contribution in [0.25, 0.3) is 0 Å². The van der Waals surface area contributed by atoms with Crippen LogP contribution in [0.4, 0.5) is 9.18 Å². The summed E-state index contributed by atoms with van der Waals surface area (Å²) in [4.78, 5) is 19.8. The highest BCUT2D eigenvalue weighted by molar-refractivity contribution is 7.89. The van der Waals surface area contributed by atoms with Crippen molar-refractivity contribution >= 4 is 16.1 Å². The number of aromatic nitrogens is 1. The van der Waals surface area contributed by atoms with E-state index in [0.717, 1.165) is 0 Å². The number of ether oxygens (including phenoxy) is 1. The first-order chi connectivity index (χ1) is 14.4. The molecule has 2 aliphatic heterocycles. The van der Waals surface area contributed by atoms with Crippen LogP contribution in [-0.4, -0.2) is 93.0 Å². The molecule has 0 spiro atoms. The first-order valence-electron chi connectivity index (χ1n) is 9.90. The summed E-state index contributed by atoms with van der Waals surface area (Å²) in [5.41, 5.74) is 0.418. The van der Waals surface area contributed by atoms with Crippen molar-refractivity contribution in [3.8, 4) is 5.88 Å². The van der Waals surface area contributed by atoms with E-state index < -0.39 is 10.0 Å². The lowest BCUT2D eigenvalue weighted by molar-refractivity contribution is 0.158. The van der Waals surface area contributed by atoms with Crippen molar-refractivity contribution in [1.82, 2.24) is 24.4 Å². The summed E-state index contributed by atoms with van der Waals surface area (Å²) in [6.07, 6.45) is 2.95. The van der Waals surface area contributed by atoms with Crippen LogP contribution < -0.4 is 10.1 Å². The summed E-state index contributed by atoms with van der Waals surface area (Å²) in [7, 11) is -0.199. The fraction of sp³-hybridized carbons (Fsp3) is 0.579. The molecule has 166 valence electrons. The third-order valence-electron chi connectivity index (χ3n) is 5.42. The maximum absolute atomic E-state index is 12.9. The molecule has 9 nitrogen and oxygen atoms in total. The minimum Gasteiger partial charge on any atom is -0.473 e. The largest absolute Gasteiger partial charge is 0.473 e. The van der Waals surface area contributed by atoms with E-state index in [4.69, 9.17) is 4.74 Å². The average Bonchev–Trinajstić information content (AvgIpc) is 3.10. The van der Waals surface area contributed by atoms with Crippen LogP contribution in [0, 0.1) is 0 Å². The number of halogens is 1. The zero-order chi connectivity index (χ0) is 21.7. The Morgan fingerprint density at radius 1 is 1.30 bits per heavy atom. The molecule has 3 heterocycles. The molecule has 3 rings (SSSR count). The van der Waals surface area contributed by atoms with Gasteiger partial charge in [0, 0.05) is 57.5 Å². The molecule has 2 saturated heterocycles. The van der Waals surface area contributed by atoms with Gasteiger partial charge in [-0.1, -0.05) is 0 Å². The van der Waals surface area contributed by atoms with Crippen LogP contribution in [0.2, 0.25) is 0 Å². The molecule has 30 heavy (non-hydrogen) atoms. The fourth-order valence-electron chi connectivity index (χ4n) is 3.67. The SMILES string of the molecule is CNC/C(=C/F)COc1ccc(S(=O)(=O)N2CCC(N3CCN(C)C3=O)CC2)cn1. The quantitative estimate of drug-likeness (QED) is 0.648. The van der Waals surface area contributed by atoms with Crippen molar-refractivity contribution in [1.29, 1.82) is 0 Å². The lowest BCUT2D eigenvalue weighted by Gasteiger charge is -2.35. The second kappa shape index (κ2) is 9.71. The van der Waals surface area contributed by atoms with Gasteiger partial charge >= 0.3 is 6.03 Å². The van der Waals surface area contributed by atoms with E-state index in [1.165, 1.54) is 22.6 Å². The van der Waals surface area contributed by atoms with E-state index in [1.807, 2.05) is 4.90 Å². The number of likely N-dealkylation sites (N-methyl/N-ethyl adjacent to an activating group) is 2. The standard InChI is InChI=1S/C19H28FN5O4S/c1-21-12-15(11-20)14-29-18-4-3-17(13-22-18)30(27,28)24-7-5-16(6-8-24)25-10-9-23(2)19(25)26/h3-4,11,13,16,21H,5-10,12,14H2,1-2H3/b15-11-. The number of nitrogens with zero attached hydrogens (tertiary/aromatic N) is 4. The minimum atomic E-state index is -3.67.